The lowest BCUT2D eigenvalue weighted by molar-refractivity contribution is 0.0546. The van der Waals surface area contributed by atoms with Crippen LogP contribution in [0.5, 0.6) is 34.5 Å². The van der Waals surface area contributed by atoms with Crippen molar-refractivity contribution in [1.29, 1.82) is 0 Å². The number of halogens is 1. The van der Waals surface area contributed by atoms with Crippen LogP contribution in [0.3, 0.4) is 0 Å². The zero-order chi connectivity index (χ0) is 37.7. The van der Waals surface area contributed by atoms with Gasteiger partial charge in [-0.3, -0.25) is 0 Å². The van der Waals surface area contributed by atoms with Gasteiger partial charge in [-0.1, -0.05) is 11.6 Å². The number of hydrogen-bond acceptors (Lipinski definition) is 14. The fraction of sp³-hybridized carbons (Fsp3) is 0. The SMILES string of the molecule is Nc1ccc(ON2P(Oc3ccc(N)cc3)N=P(Oc3ccc(N)cc3)(Oc3ccc(Cl)cc3)N(Oc3ccc(N)cc3)P2Oc2ccc(N)cc2)cc1. The topological polar surface area (TPSA) is 204 Å². The number of hydrogen-bond donors (Lipinski definition) is 5. The van der Waals surface area contributed by atoms with E-state index in [0.29, 0.717) is 68.0 Å². The first kappa shape index (κ1) is 36.8. The van der Waals surface area contributed by atoms with Gasteiger partial charge in [0.25, 0.3) is 0 Å². The summed E-state index contributed by atoms with van der Waals surface area (Å²) in [6.45, 7) is 0. The van der Waals surface area contributed by atoms with Crippen LogP contribution < -0.4 is 56.4 Å². The molecule has 0 aromatic heterocycles. The quantitative estimate of drug-likeness (QED) is 0.0578. The molecule has 0 radical (unpaired) electrons. The third kappa shape index (κ3) is 8.95. The third-order valence-corrected chi connectivity index (χ3v) is 14.4. The van der Waals surface area contributed by atoms with Gasteiger partial charge in [0.15, 0.2) is 0 Å². The molecule has 14 nitrogen and oxygen atoms in total. The van der Waals surface area contributed by atoms with E-state index in [-0.39, 0.29) is 0 Å². The van der Waals surface area contributed by atoms with Crippen molar-refractivity contribution in [3.63, 3.8) is 0 Å². The Morgan fingerprint density at radius 1 is 0.444 bits per heavy atom. The molecule has 0 saturated heterocycles. The fourth-order valence-electron chi connectivity index (χ4n) is 4.59. The van der Waals surface area contributed by atoms with Gasteiger partial charge in [-0.15, -0.1) is 4.52 Å². The van der Waals surface area contributed by atoms with E-state index in [1.54, 1.807) is 146 Å². The first-order valence-corrected chi connectivity index (χ1v) is 20.3. The van der Waals surface area contributed by atoms with Crippen LogP contribution >= 0.6 is 36.2 Å². The maximum Gasteiger partial charge on any atom is 0.447 e. The highest BCUT2D eigenvalue weighted by Gasteiger charge is 2.58. The smallest absolute Gasteiger partial charge is 0.440 e. The van der Waals surface area contributed by atoms with Crippen molar-refractivity contribution >= 4 is 64.6 Å². The predicted octanol–water partition coefficient (Wildman–Crippen LogP) is 9.87. The van der Waals surface area contributed by atoms with Gasteiger partial charge in [0.1, 0.15) is 34.5 Å². The lowest BCUT2D eigenvalue weighted by Crippen LogP contribution is -2.37. The van der Waals surface area contributed by atoms with E-state index in [1.807, 2.05) is 0 Å². The van der Waals surface area contributed by atoms with Gasteiger partial charge in [-0.05, 0) is 146 Å². The van der Waals surface area contributed by atoms with E-state index >= 15 is 0 Å². The van der Waals surface area contributed by atoms with Crippen LogP contribution in [0.4, 0.5) is 28.4 Å². The van der Waals surface area contributed by atoms with Crippen molar-refractivity contribution in [2.24, 2.45) is 4.52 Å². The lowest BCUT2D eigenvalue weighted by atomic mass is 10.3. The normalized spacial score (nSPS) is 18.5. The van der Waals surface area contributed by atoms with Gasteiger partial charge < -0.3 is 56.4 Å². The number of benzene rings is 6. The zero-order valence-corrected chi connectivity index (χ0v) is 31.7. The van der Waals surface area contributed by atoms with Crippen molar-refractivity contribution in [3.8, 4) is 34.5 Å². The summed E-state index contributed by atoms with van der Waals surface area (Å²) in [5.41, 5.74) is 32.9. The molecule has 7 rings (SSSR count). The molecule has 54 heavy (non-hydrogen) atoms. The predicted molar refractivity (Wildman–Crippen MR) is 216 cm³/mol. The molecule has 0 bridgehead atoms. The van der Waals surface area contributed by atoms with Gasteiger partial charge >= 0.3 is 24.6 Å². The summed E-state index contributed by atoms with van der Waals surface area (Å²) >= 11 is 6.30. The molecule has 0 spiro atoms. The Balaban J connectivity index is 1.48. The summed E-state index contributed by atoms with van der Waals surface area (Å²) in [5.74, 6) is 2.31. The molecule has 3 atom stereocenters. The van der Waals surface area contributed by atoms with Gasteiger partial charge in [0, 0.05) is 42.7 Å². The molecule has 0 fully saturated rings. The molecule has 0 amide bonds. The van der Waals surface area contributed by atoms with Gasteiger partial charge in [0.2, 0.25) is 0 Å². The standard InChI is InChI=1S/C36H34ClN8O6P3/c37-25-1-13-35(14-2-25)50-54(51-36-23-11-30(42)12-24-36)43-52(48-33-19-7-28(40)8-20-33)44(46-31-15-3-26(38)4-16-31)53(49-34-21-9-29(41)10-22-34)45(54)47-32-17-5-27(39)6-18-32/h1-24H,38-42H2. The van der Waals surface area contributed by atoms with Crippen molar-refractivity contribution in [2.75, 3.05) is 28.7 Å². The average molecular weight is 803 g/mol. The summed E-state index contributed by atoms with van der Waals surface area (Å²) in [6.07, 6.45) is 0. The zero-order valence-electron chi connectivity index (χ0n) is 28.3. The van der Waals surface area contributed by atoms with Crippen LogP contribution in [0.25, 0.3) is 0 Å². The van der Waals surface area contributed by atoms with Crippen molar-refractivity contribution in [1.82, 2.24) is 9.21 Å². The van der Waals surface area contributed by atoms with Crippen molar-refractivity contribution < 1.29 is 27.8 Å². The van der Waals surface area contributed by atoms with Crippen LogP contribution in [0.1, 0.15) is 0 Å². The van der Waals surface area contributed by atoms with E-state index in [2.05, 4.69) is 0 Å². The van der Waals surface area contributed by atoms with Crippen LogP contribution in [-0.4, -0.2) is 9.21 Å². The summed E-state index contributed by atoms with van der Waals surface area (Å²) < 4.78 is 35.4. The molecule has 10 N–H and O–H groups in total. The molecule has 3 unspecified atom stereocenters. The van der Waals surface area contributed by atoms with Gasteiger partial charge in [0.05, 0.1) is 0 Å². The largest absolute Gasteiger partial charge is 0.447 e. The van der Waals surface area contributed by atoms with E-state index in [0.717, 1.165) is 0 Å². The van der Waals surface area contributed by atoms with Gasteiger partial charge in [-0.2, -0.15) is 0 Å². The van der Waals surface area contributed by atoms with E-state index in [4.69, 9.17) is 72.6 Å². The summed E-state index contributed by atoms with van der Waals surface area (Å²) in [4.78, 5) is 13.3. The van der Waals surface area contributed by atoms with E-state index in [1.165, 1.54) is 9.21 Å². The maximum absolute atomic E-state index is 6.87. The Labute approximate surface area is 318 Å². The molecule has 0 aliphatic carbocycles. The second kappa shape index (κ2) is 16.2. The molecule has 1 aliphatic rings. The monoisotopic (exact) mass is 802 g/mol. The van der Waals surface area contributed by atoms with Crippen LogP contribution in [0.15, 0.2) is 150 Å². The molecule has 6 aromatic rings. The summed E-state index contributed by atoms with van der Waals surface area (Å²) in [6, 6.07) is 40.9. The molecule has 1 aliphatic heterocycles. The fourth-order valence-corrected chi connectivity index (χ4v) is 12.2. The Hall–Kier alpha value is -5.58. The van der Waals surface area contributed by atoms with E-state index < -0.39 is 24.6 Å². The number of nitrogen functional groups attached to an aromatic ring is 5. The highest BCUT2D eigenvalue weighted by Crippen LogP contribution is 2.77. The summed E-state index contributed by atoms with van der Waals surface area (Å²) in [7, 11) is -8.54. The molecule has 18 heteroatoms. The number of nitrogens with two attached hydrogens (primary N) is 5. The number of nitrogens with zero attached hydrogens (tertiary/aromatic N) is 3. The number of anilines is 5. The molecule has 6 aromatic carbocycles. The minimum absolute atomic E-state index is 0.357. The van der Waals surface area contributed by atoms with E-state index in [9.17, 15) is 0 Å². The first-order chi connectivity index (χ1) is 26.1. The highest BCUT2D eigenvalue weighted by molar-refractivity contribution is 7.78. The first-order valence-electron chi connectivity index (χ1n) is 16.1. The molecule has 1 heterocycles. The Morgan fingerprint density at radius 3 is 1.24 bits per heavy atom. The van der Waals surface area contributed by atoms with Crippen LogP contribution in [0, 0.1) is 0 Å². The highest BCUT2D eigenvalue weighted by atomic mass is 35.5. The van der Waals surface area contributed by atoms with Crippen LogP contribution in [-0.2, 0) is 0 Å². The third-order valence-electron chi connectivity index (χ3n) is 7.26. The second-order valence-corrected chi connectivity index (χ2v) is 17.4. The second-order valence-electron chi connectivity index (χ2n) is 11.4. The molecular weight excluding hydrogens is 769 g/mol. The Bertz CT molecular complexity index is 2170. The minimum Gasteiger partial charge on any atom is -0.440 e. The molecule has 0 saturated carbocycles. The average Bonchev–Trinajstić information content (AvgIpc) is 3.16. The minimum atomic E-state index is -3.97. The summed E-state index contributed by atoms with van der Waals surface area (Å²) in [5, 5.41) is 0.496. The maximum atomic E-state index is 6.87. The number of rotatable bonds is 12. The Kier molecular flexibility index (Phi) is 11.0. The Morgan fingerprint density at radius 2 is 0.796 bits per heavy atom. The lowest BCUT2D eigenvalue weighted by Gasteiger charge is -2.43. The van der Waals surface area contributed by atoms with Crippen molar-refractivity contribution in [2.45, 2.75) is 0 Å². The molecular formula is C36H34ClN8O6P3. The molecule has 276 valence electrons. The van der Waals surface area contributed by atoms with Crippen molar-refractivity contribution in [3.05, 3.63) is 151 Å². The van der Waals surface area contributed by atoms with Gasteiger partial charge in [-0.25, -0.2) is 0 Å². The van der Waals surface area contributed by atoms with Crippen LogP contribution in [0.2, 0.25) is 5.02 Å².